The fourth-order valence-electron chi connectivity index (χ4n) is 1.48. The lowest BCUT2D eigenvalue weighted by Crippen LogP contribution is -2.13. The van der Waals surface area contributed by atoms with E-state index < -0.39 is 5.82 Å². The van der Waals surface area contributed by atoms with Crippen molar-refractivity contribution in [1.82, 2.24) is 0 Å². The van der Waals surface area contributed by atoms with E-state index in [4.69, 9.17) is 19.9 Å². The molecule has 1 rings (SSSR count). The Kier molecular flexibility index (Phi) is 6.64. The van der Waals surface area contributed by atoms with Gasteiger partial charge < -0.3 is 19.9 Å². The molecule has 102 valence electrons. The summed E-state index contributed by atoms with van der Waals surface area (Å²) in [5.74, 6) is -0.190. The highest BCUT2D eigenvalue weighted by molar-refractivity contribution is 5.36. The van der Waals surface area contributed by atoms with Gasteiger partial charge in [0, 0.05) is 18.7 Å². The molecule has 0 unspecified atom stereocenters. The van der Waals surface area contributed by atoms with Crippen molar-refractivity contribution in [2.24, 2.45) is 5.73 Å². The summed E-state index contributed by atoms with van der Waals surface area (Å²) in [7, 11) is 1.61. The Balaban J connectivity index is 2.46. The summed E-state index contributed by atoms with van der Waals surface area (Å²) in [4.78, 5) is 0. The third-order valence-corrected chi connectivity index (χ3v) is 2.39. The second-order valence-corrected chi connectivity index (χ2v) is 3.90. The number of benzene rings is 1. The van der Waals surface area contributed by atoms with Crippen molar-refractivity contribution in [3.63, 3.8) is 0 Å². The molecule has 0 radical (unpaired) electrons. The summed E-state index contributed by atoms with van der Waals surface area (Å²) in [6, 6.07) is 4.46. The molecule has 1 atom stereocenters. The van der Waals surface area contributed by atoms with Crippen LogP contribution < -0.4 is 10.5 Å². The second kappa shape index (κ2) is 8.02. The van der Waals surface area contributed by atoms with Gasteiger partial charge in [0.1, 0.15) is 6.61 Å². The van der Waals surface area contributed by atoms with Crippen molar-refractivity contribution < 1.29 is 18.6 Å². The molecule has 18 heavy (non-hydrogen) atoms. The van der Waals surface area contributed by atoms with Gasteiger partial charge in [-0.2, -0.15) is 0 Å². The fraction of sp³-hybridized carbons (Fsp3) is 0.538. The molecular formula is C13H20FNO3. The highest BCUT2D eigenvalue weighted by Gasteiger charge is 2.12. The highest BCUT2D eigenvalue weighted by Crippen LogP contribution is 2.26. The lowest BCUT2D eigenvalue weighted by Gasteiger charge is -2.14. The van der Waals surface area contributed by atoms with E-state index in [2.05, 4.69) is 0 Å². The maximum atomic E-state index is 13.6. The van der Waals surface area contributed by atoms with Crippen molar-refractivity contribution in [3.05, 3.63) is 29.6 Å². The Labute approximate surface area is 107 Å². The van der Waals surface area contributed by atoms with Gasteiger partial charge in [-0.3, -0.25) is 0 Å². The molecule has 0 bridgehead atoms. The first-order chi connectivity index (χ1) is 8.66. The van der Waals surface area contributed by atoms with Crippen LogP contribution in [0.1, 0.15) is 18.5 Å². The molecule has 0 saturated carbocycles. The highest BCUT2D eigenvalue weighted by atomic mass is 19.1. The third-order valence-electron chi connectivity index (χ3n) is 2.39. The Morgan fingerprint density at radius 2 is 1.94 bits per heavy atom. The lowest BCUT2D eigenvalue weighted by molar-refractivity contribution is 0.0536. The zero-order valence-corrected chi connectivity index (χ0v) is 10.8. The summed E-state index contributed by atoms with van der Waals surface area (Å²) in [5, 5.41) is 0. The minimum absolute atomic E-state index is 0.211. The summed E-state index contributed by atoms with van der Waals surface area (Å²) in [6.45, 7) is 3.49. The SMILES string of the molecule is COCCOCCOc1c(F)cccc1[C@@H](C)N. The molecule has 5 heteroatoms. The molecule has 0 saturated heterocycles. The minimum atomic E-state index is -0.401. The fourth-order valence-corrected chi connectivity index (χ4v) is 1.48. The number of hydrogen-bond acceptors (Lipinski definition) is 4. The molecular weight excluding hydrogens is 237 g/mol. The number of methoxy groups -OCH3 is 1. The summed E-state index contributed by atoms with van der Waals surface area (Å²) in [5.41, 5.74) is 6.42. The van der Waals surface area contributed by atoms with Crippen molar-refractivity contribution in [2.45, 2.75) is 13.0 Å². The standard InChI is InChI=1S/C13H20FNO3/c1-10(15)11-4-3-5-12(14)13(11)18-9-8-17-7-6-16-2/h3-5,10H,6-9,15H2,1-2H3/t10-/m1/s1. The Morgan fingerprint density at radius 3 is 2.61 bits per heavy atom. The molecule has 1 aromatic carbocycles. The average molecular weight is 257 g/mol. The van der Waals surface area contributed by atoms with Gasteiger partial charge in [-0.25, -0.2) is 4.39 Å². The molecule has 0 aliphatic rings. The molecule has 0 aliphatic carbocycles. The first-order valence-corrected chi connectivity index (χ1v) is 5.90. The van der Waals surface area contributed by atoms with Gasteiger partial charge in [0.15, 0.2) is 11.6 Å². The second-order valence-electron chi connectivity index (χ2n) is 3.90. The lowest BCUT2D eigenvalue weighted by atomic mass is 10.1. The van der Waals surface area contributed by atoms with Crippen LogP contribution in [0.15, 0.2) is 18.2 Å². The first kappa shape index (κ1) is 14.9. The zero-order chi connectivity index (χ0) is 13.4. The average Bonchev–Trinajstić information content (AvgIpc) is 2.34. The first-order valence-electron chi connectivity index (χ1n) is 5.90. The van der Waals surface area contributed by atoms with Crippen molar-refractivity contribution in [3.8, 4) is 5.75 Å². The van der Waals surface area contributed by atoms with E-state index in [0.717, 1.165) is 0 Å². The van der Waals surface area contributed by atoms with Crippen molar-refractivity contribution >= 4 is 0 Å². The van der Waals surface area contributed by atoms with Crippen LogP contribution in [-0.2, 0) is 9.47 Å². The number of hydrogen-bond donors (Lipinski definition) is 1. The van der Waals surface area contributed by atoms with Crippen LogP contribution in [0, 0.1) is 5.82 Å². The van der Waals surface area contributed by atoms with E-state index >= 15 is 0 Å². The summed E-state index contributed by atoms with van der Waals surface area (Å²) >= 11 is 0. The van der Waals surface area contributed by atoms with Gasteiger partial charge in [-0.1, -0.05) is 12.1 Å². The Morgan fingerprint density at radius 1 is 1.22 bits per heavy atom. The number of nitrogens with two attached hydrogens (primary N) is 1. The number of rotatable bonds is 8. The molecule has 4 nitrogen and oxygen atoms in total. The van der Waals surface area contributed by atoms with E-state index in [0.29, 0.717) is 25.4 Å². The van der Waals surface area contributed by atoms with Gasteiger partial charge in [0.2, 0.25) is 0 Å². The maximum absolute atomic E-state index is 13.6. The van der Waals surface area contributed by atoms with Gasteiger partial charge in [-0.05, 0) is 13.0 Å². The maximum Gasteiger partial charge on any atom is 0.165 e. The zero-order valence-electron chi connectivity index (χ0n) is 10.8. The molecule has 0 heterocycles. The summed E-state index contributed by atoms with van der Waals surface area (Å²) in [6.07, 6.45) is 0. The molecule has 0 fully saturated rings. The van der Waals surface area contributed by atoms with Gasteiger partial charge >= 0.3 is 0 Å². The van der Waals surface area contributed by atoms with Gasteiger partial charge in [-0.15, -0.1) is 0 Å². The molecule has 0 amide bonds. The van der Waals surface area contributed by atoms with E-state index in [1.807, 2.05) is 0 Å². The minimum Gasteiger partial charge on any atom is -0.488 e. The monoisotopic (exact) mass is 257 g/mol. The predicted octanol–water partition coefficient (Wildman–Crippen LogP) is 1.89. The van der Waals surface area contributed by atoms with Crippen LogP contribution in [0.3, 0.4) is 0 Å². The number of halogens is 1. The van der Waals surface area contributed by atoms with Crippen LogP contribution in [0.4, 0.5) is 4.39 Å². The van der Waals surface area contributed by atoms with E-state index in [1.165, 1.54) is 6.07 Å². The normalized spacial score (nSPS) is 12.4. The number of para-hydroxylation sites is 1. The van der Waals surface area contributed by atoms with Crippen molar-refractivity contribution in [1.29, 1.82) is 0 Å². The molecule has 2 N–H and O–H groups in total. The largest absolute Gasteiger partial charge is 0.488 e. The van der Waals surface area contributed by atoms with Gasteiger partial charge in [0.25, 0.3) is 0 Å². The molecule has 0 spiro atoms. The summed E-state index contributed by atoms with van der Waals surface area (Å²) < 4.78 is 29.1. The predicted molar refractivity (Wildman–Crippen MR) is 67.2 cm³/mol. The van der Waals surface area contributed by atoms with Crippen LogP contribution >= 0.6 is 0 Å². The van der Waals surface area contributed by atoms with Crippen LogP contribution in [0.25, 0.3) is 0 Å². The third kappa shape index (κ3) is 4.60. The Hall–Kier alpha value is -1.17. The Bertz CT molecular complexity index is 358. The topological polar surface area (TPSA) is 53.7 Å². The van der Waals surface area contributed by atoms with Gasteiger partial charge in [0.05, 0.1) is 19.8 Å². The van der Waals surface area contributed by atoms with Crippen LogP contribution in [0.5, 0.6) is 5.75 Å². The van der Waals surface area contributed by atoms with Crippen molar-refractivity contribution in [2.75, 3.05) is 33.5 Å². The molecule has 1 aromatic rings. The van der Waals surface area contributed by atoms with Crippen LogP contribution in [0.2, 0.25) is 0 Å². The molecule has 0 aliphatic heterocycles. The quantitative estimate of drug-likeness (QED) is 0.722. The van der Waals surface area contributed by atoms with E-state index in [9.17, 15) is 4.39 Å². The van der Waals surface area contributed by atoms with E-state index in [1.54, 1.807) is 26.2 Å². The smallest absolute Gasteiger partial charge is 0.165 e. The van der Waals surface area contributed by atoms with Crippen LogP contribution in [-0.4, -0.2) is 33.5 Å². The molecule has 0 aromatic heterocycles. The number of ether oxygens (including phenoxy) is 3. The van der Waals surface area contributed by atoms with E-state index in [-0.39, 0.29) is 18.4 Å².